The first kappa shape index (κ1) is 15.3. The highest BCUT2D eigenvalue weighted by atomic mass is 79.9. The molecule has 2 aromatic carbocycles. The van der Waals surface area contributed by atoms with Gasteiger partial charge in [-0.25, -0.2) is 0 Å². The van der Waals surface area contributed by atoms with E-state index < -0.39 is 4.92 Å². The average molecular weight is 371 g/mol. The molecule has 0 heterocycles. The summed E-state index contributed by atoms with van der Waals surface area (Å²) in [7, 11) is 0. The van der Waals surface area contributed by atoms with Gasteiger partial charge < -0.3 is 10.5 Å². The Bertz CT molecular complexity index is 737. The molecule has 0 amide bonds. The molecule has 0 saturated heterocycles. The van der Waals surface area contributed by atoms with Gasteiger partial charge in [0.1, 0.15) is 11.6 Å². The minimum Gasteiger partial charge on any atom is -0.449 e. The molecule has 0 radical (unpaired) electrons. The Labute approximate surface area is 133 Å². The maximum Gasteiger partial charge on any atom is 0.311 e. The van der Waals surface area contributed by atoms with E-state index in [1.165, 1.54) is 18.2 Å². The van der Waals surface area contributed by atoms with Gasteiger partial charge in [0, 0.05) is 22.7 Å². The number of halogens is 2. The second kappa shape index (κ2) is 6.11. The van der Waals surface area contributed by atoms with Gasteiger partial charge in [0.05, 0.1) is 9.40 Å². The van der Waals surface area contributed by atoms with Crippen molar-refractivity contribution in [3.05, 3.63) is 61.6 Å². The Morgan fingerprint density at radius 3 is 2.57 bits per heavy atom. The highest BCUT2D eigenvalue weighted by Crippen LogP contribution is 2.36. The van der Waals surface area contributed by atoms with Crippen LogP contribution in [0.4, 0.5) is 5.69 Å². The average Bonchev–Trinajstić information content (AvgIpc) is 2.40. The van der Waals surface area contributed by atoms with Crippen molar-refractivity contribution in [1.82, 2.24) is 0 Å². The molecule has 3 N–H and O–H groups in total. The molecule has 6 nitrogen and oxygen atoms in total. The molecule has 0 saturated carbocycles. The lowest BCUT2D eigenvalue weighted by Crippen LogP contribution is -2.10. The summed E-state index contributed by atoms with van der Waals surface area (Å²) in [5.74, 6) is 0.296. The number of nitro benzene ring substituents is 1. The molecule has 0 aliphatic rings. The Balaban J connectivity index is 2.40. The number of hydrogen-bond donors (Lipinski definition) is 2. The Morgan fingerprint density at radius 1 is 1.29 bits per heavy atom. The number of hydrogen-bond acceptors (Lipinski definition) is 4. The Kier molecular flexibility index (Phi) is 4.44. The third kappa shape index (κ3) is 3.50. The van der Waals surface area contributed by atoms with Crippen molar-refractivity contribution in [3.8, 4) is 11.5 Å². The molecule has 0 unspecified atom stereocenters. The monoisotopic (exact) mass is 369 g/mol. The van der Waals surface area contributed by atoms with Crippen LogP contribution < -0.4 is 10.5 Å². The van der Waals surface area contributed by atoms with Gasteiger partial charge >= 0.3 is 5.69 Å². The summed E-state index contributed by atoms with van der Waals surface area (Å²) in [6.07, 6.45) is 0. The number of amidine groups is 1. The van der Waals surface area contributed by atoms with Crippen molar-refractivity contribution in [1.29, 1.82) is 5.41 Å². The zero-order valence-corrected chi connectivity index (χ0v) is 12.8. The van der Waals surface area contributed by atoms with E-state index in [0.29, 0.717) is 20.8 Å². The van der Waals surface area contributed by atoms with E-state index in [9.17, 15) is 10.1 Å². The van der Waals surface area contributed by atoms with Crippen LogP contribution in [0.15, 0.2) is 40.9 Å². The molecular weight excluding hydrogens is 362 g/mol. The summed E-state index contributed by atoms with van der Waals surface area (Å²) in [6, 6.07) is 8.79. The summed E-state index contributed by atoms with van der Waals surface area (Å²) < 4.78 is 6.05. The smallest absolute Gasteiger partial charge is 0.311 e. The number of nitrogen functional groups attached to an aromatic ring is 1. The van der Waals surface area contributed by atoms with Crippen LogP contribution in [0.25, 0.3) is 0 Å². The third-order valence-corrected chi connectivity index (χ3v) is 3.44. The van der Waals surface area contributed by atoms with Crippen molar-refractivity contribution < 1.29 is 9.66 Å². The van der Waals surface area contributed by atoms with E-state index in [0.717, 1.165) is 0 Å². The molecule has 0 aromatic heterocycles. The highest BCUT2D eigenvalue weighted by Gasteiger charge is 2.17. The topological polar surface area (TPSA) is 102 Å². The fraction of sp³-hybridized carbons (Fsp3) is 0. The summed E-state index contributed by atoms with van der Waals surface area (Å²) in [5.41, 5.74) is 5.70. The largest absolute Gasteiger partial charge is 0.449 e. The van der Waals surface area contributed by atoms with E-state index in [-0.39, 0.29) is 17.3 Å². The zero-order chi connectivity index (χ0) is 15.6. The molecule has 108 valence electrons. The molecule has 0 aliphatic heterocycles. The highest BCUT2D eigenvalue weighted by molar-refractivity contribution is 9.10. The van der Waals surface area contributed by atoms with Crippen LogP contribution in [0.1, 0.15) is 5.56 Å². The molecule has 0 spiro atoms. The van der Waals surface area contributed by atoms with Gasteiger partial charge in [-0.3, -0.25) is 15.5 Å². The van der Waals surface area contributed by atoms with Gasteiger partial charge in [0.25, 0.3) is 0 Å². The van der Waals surface area contributed by atoms with Crippen LogP contribution in [0, 0.1) is 15.5 Å². The lowest BCUT2D eigenvalue weighted by atomic mass is 10.2. The van der Waals surface area contributed by atoms with Gasteiger partial charge in [0.2, 0.25) is 5.75 Å². The first-order valence-electron chi connectivity index (χ1n) is 5.64. The normalized spacial score (nSPS) is 10.2. The van der Waals surface area contributed by atoms with Crippen molar-refractivity contribution in [2.45, 2.75) is 0 Å². The fourth-order valence-corrected chi connectivity index (χ4v) is 2.21. The zero-order valence-electron chi connectivity index (χ0n) is 10.5. The van der Waals surface area contributed by atoms with Crippen LogP contribution in [-0.2, 0) is 0 Å². The van der Waals surface area contributed by atoms with Crippen LogP contribution in [0.3, 0.4) is 0 Å². The first-order chi connectivity index (χ1) is 9.88. The molecule has 8 heteroatoms. The molecule has 0 atom stereocenters. The molecular formula is C13H9BrClN3O3. The lowest BCUT2D eigenvalue weighted by Gasteiger charge is -2.09. The van der Waals surface area contributed by atoms with E-state index in [2.05, 4.69) is 15.9 Å². The van der Waals surface area contributed by atoms with E-state index in [1.54, 1.807) is 18.2 Å². The predicted molar refractivity (Wildman–Crippen MR) is 83.3 cm³/mol. The molecule has 0 aliphatic carbocycles. The van der Waals surface area contributed by atoms with Crippen molar-refractivity contribution in [3.63, 3.8) is 0 Å². The summed E-state index contributed by atoms with van der Waals surface area (Å²) in [6.45, 7) is 0. The number of nitrogens with two attached hydrogens (primary N) is 1. The lowest BCUT2D eigenvalue weighted by molar-refractivity contribution is -0.385. The second-order valence-corrected chi connectivity index (χ2v) is 5.32. The molecule has 2 aromatic rings. The van der Waals surface area contributed by atoms with Gasteiger partial charge in [-0.15, -0.1) is 0 Å². The van der Waals surface area contributed by atoms with Gasteiger partial charge in [-0.1, -0.05) is 11.6 Å². The van der Waals surface area contributed by atoms with Crippen molar-refractivity contribution in [2.75, 3.05) is 0 Å². The van der Waals surface area contributed by atoms with E-state index in [4.69, 9.17) is 27.5 Å². The first-order valence-corrected chi connectivity index (χ1v) is 6.81. The maximum absolute atomic E-state index is 11.0. The van der Waals surface area contributed by atoms with Crippen LogP contribution in [0.2, 0.25) is 5.02 Å². The van der Waals surface area contributed by atoms with Gasteiger partial charge in [0.15, 0.2) is 0 Å². The number of nitro groups is 1. The molecule has 21 heavy (non-hydrogen) atoms. The minimum absolute atomic E-state index is 0.0313. The Morgan fingerprint density at radius 2 is 2.00 bits per heavy atom. The van der Waals surface area contributed by atoms with Gasteiger partial charge in [-0.05, 0) is 40.2 Å². The summed E-state index contributed by atoms with van der Waals surface area (Å²) >= 11 is 9.11. The fourth-order valence-electron chi connectivity index (χ4n) is 1.59. The van der Waals surface area contributed by atoms with Crippen molar-refractivity contribution >= 4 is 39.1 Å². The van der Waals surface area contributed by atoms with Crippen LogP contribution in [-0.4, -0.2) is 10.8 Å². The second-order valence-electron chi connectivity index (χ2n) is 4.03. The minimum atomic E-state index is -0.552. The molecule has 0 fully saturated rings. The SMILES string of the molecule is N=C(N)c1ccc(Oc2cc(Cl)ccc2[N+](=O)[O-])c(Br)c1. The molecule has 2 rings (SSSR count). The quantitative estimate of drug-likeness (QED) is 0.366. The maximum atomic E-state index is 11.0. The number of ether oxygens (including phenoxy) is 1. The number of nitrogens with zero attached hydrogens (tertiary/aromatic N) is 1. The number of nitrogens with one attached hydrogen (secondary N) is 1. The Hall–Kier alpha value is -2.12. The standard InChI is InChI=1S/C13H9BrClN3O3/c14-9-5-7(13(16)17)1-4-11(9)21-12-6-8(15)2-3-10(12)18(19)20/h1-6H,(H3,16,17). The number of rotatable bonds is 4. The predicted octanol–water partition coefficient (Wildman–Crippen LogP) is 4.09. The summed E-state index contributed by atoms with van der Waals surface area (Å²) in [4.78, 5) is 10.4. The van der Waals surface area contributed by atoms with E-state index in [1.807, 2.05) is 0 Å². The van der Waals surface area contributed by atoms with E-state index >= 15 is 0 Å². The van der Waals surface area contributed by atoms with Crippen LogP contribution >= 0.6 is 27.5 Å². The number of benzene rings is 2. The molecule has 0 bridgehead atoms. The van der Waals surface area contributed by atoms with Crippen LogP contribution in [0.5, 0.6) is 11.5 Å². The van der Waals surface area contributed by atoms with Crippen molar-refractivity contribution in [2.24, 2.45) is 5.73 Å². The van der Waals surface area contributed by atoms with Gasteiger partial charge in [-0.2, -0.15) is 0 Å². The summed E-state index contributed by atoms with van der Waals surface area (Å²) in [5, 5.41) is 18.7. The third-order valence-electron chi connectivity index (χ3n) is 2.58.